The lowest BCUT2D eigenvalue weighted by molar-refractivity contribution is -0.406. The maximum Gasteiger partial charge on any atom is 0.217 e. The second-order valence-electron chi connectivity index (χ2n) is 37.3. The van der Waals surface area contributed by atoms with Crippen LogP contribution < -0.4 is 26.6 Å². The molecule has 0 aromatic rings. The Morgan fingerprint density at radius 3 is 0.830 bits per heavy atom. The Morgan fingerprint density at radius 2 is 0.435 bits per heavy atom. The average Bonchev–Trinajstić information content (AvgIpc) is 0.751. The third-order valence-electron chi connectivity index (χ3n) is 27.0. The third kappa shape index (κ3) is 26.8. The molecule has 0 spiro atoms. The van der Waals surface area contributed by atoms with Crippen LogP contribution in [0.25, 0.3) is 0 Å². The van der Waals surface area contributed by atoms with E-state index in [4.69, 9.17) is 109 Å². The van der Waals surface area contributed by atoms with E-state index in [9.17, 15) is 187 Å². The van der Waals surface area contributed by atoms with Crippen LogP contribution >= 0.6 is 0 Å². The Bertz CT molecular complexity index is 4110. The molecule has 12 fully saturated rings. The van der Waals surface area contributed by atoms with Gasteiger partial charge in [0.05, 0.1) is 78.8 Å². The van der Waals surface area contributed by atoms with Gasteiger partial charge in [0.2, 0.25) is 29.5 Å². The highest BCUT2D eigenvalue weighted by atomic mass is 16.8. The van der Waals surface area contributed by atoms with Gasteiger partial charge in [0.25, 0.3) is 0 Å². The molecule has 0 aromatic heterocycles. The van der Waals surface area contributed by atoms with E-state index in [1.807, 2.05) is 0 Å². The van der Waals surface area contributed by atoms with Gasteiger partial charge < -0.3 is 299 Å². The normalized spacial score (nSPS) is 49.6. The Hall–Kier alpha value is -4.85. The lowest BCUT2D eigenvalue weighted by Gasteiger charge is -2.52. The van der Waals surface area contributed by atoms with Crippen molar-refractivity contribution >= 4 is 29.5 Å². The van der Waals surface area contributed by atoms with Crippen LogP contribution in [0.4, 0.5) is 0 Å². The minimum absolute atomic E-state index is 0.853. The van der Waals surface area contributed by atoms with Gasteiger partial charge >= 0.3 is 0 Å². The molecule has 60 atom stereocenters. The molecule has 147 heavy (non-hydrogen) atoms. The summed E-state index contributed by atoms with van der Waals surface area (Å²) >= 11 is 0. The zero-order valence-electron chi connectivity index (χ0n) is 79.2. The van der Waals surface area contributed by atoms with E-state index in [0.717, 1.165) is 34.6 Å². The molecule has 0 saturated carbocycles. The van der Waals surface area contributed by atoms with Gasteiger partial charge in [0.1, 0.15) is 287 Å². The third-order valence-corrected chi connectivity index (χ3v) is 27.0. The Kier molecular flexibility index (Phi) is 43.4. The van der Waals surface area contributed by atoms with Crippen molar-refractivity contribution in [3.05, 3.63) is 0 Å². The van der Waals surface area contributed by atoms with E-state index in [1.165, 1.54) is 6.92 Å². The van der Waals surface area contributed by atoms with Crippen molar-refractivity contribution in [3.8, 4) is 0 Å². The first-order valence-electron chi connectivity index (χ1n) is 47.0. The van der Waals surface area contributed by atoms with Crippen molar-refractivity contribution in [2.45, 2.75) is 410 Å². The highest BCUT2D eigenvalue weighted by molar-refractivity contribution is 5.75. The number of amides is 5. The lowest BCUT2D eigenvalue weighted by Crippen LogP contribution is -2.72. The molecule has 65 heteroatoms. The SMILES string of the molecule is CC(=O)N[C@H]1[C@H](O[C@H]2[C@H](O)[C@@H](NC(C)=O)C(O)O[C@@H]2CO[C@@H]2O[C@@H](C)[C@@H](O)[C@@H](O)[C@@H]2O)O[C@H](CO)[C@@H](O[C@@H]2O[C@H](CO[C@H]3O[C@H](CO)[C@@H](O)[C@H](O)[C@@H]3O[C@@H]3O[C@H](CO)[C@@H](O[C@@H]4O[C@H](CO)[C@H](O)[C@H](O)[C@H]4O)[C@H](O)[C@H]3NC(C)=O)[C@@H](O)[C@H](O[C@H]3O[C@H](CO)[C@@H](O[C@@H]4O[C@H](CO)[C@@H](O[C@@H]5O[C@H](CO)[C@H](O)[C@H](O)[C@H]5O)[C@H](O)[C@H]4NC(C)=O)[C@H](O)[C@@H]3O[C@@H]3O[C@H](CO)[C@@H](O)[C@H](O[C@@H]4O[C@H](CO)[C@H](O)[C@H](O)[C@H]4O)[C@H]3NC(C)=O)[C@@H]2O)[C@@H]1O. The number of nitrogens with one attached hydrogen (secondary N) is 5. The van der Waals surface area contributed by atoms with E-state index in [0.29, 0.717) is 0 Å². The van der Waals surface area contributed by atoms with Crippen molar-refractivity contribution in [3.63, 3.8) is 0 Å². The molecule has 12 aliphatic rings. The predicted octanol–water partition coefficient (Wildman–Crippen LogP) is -25.4. The minimum Gasteiger partial charge on any atom is -0.394 e. The van der Waals surface area contributed by atoms with Crippen LogP contribution in [-0.4, -0.2) is 634 Å². The second kappa shape index (κ2) is 52.8. The fourth-order valence-electron chi connectivity index (χ4n) is 19.2. The van der Waals surface area contributed by atoms with E-state index in [2.05, 4.69) is 26.6 Å². The number of carbonyl (C=O) groups excluding carboxylic acids is 5. The molecular formula is C82H137N5O60. The number of rotatable bonds is 38. The van der Waals surface area contributed by atoms with Crippen LogP contribution in [0.5, 0.6) is 0 Å². The Balaban J connectivity index is 0.937. The van der Waals surface area contributed by atoms with Gasteiger partial charge in [-0.1, -0.05) is 0 Å². The van der Waals surface area contributed by atoms with Crippen LogP contribution in [-0.2, 0) is 133 Å². The number of carbonyl (C=O) groups is 5. The smallest absolute Gasteiger partial charge is 0.217 e. The molecule has 37 N–H and O–H groups in total. The van der Waals surface area contributed by atoms with Crippen LogP contribution in [0.2, 0.25) is 0 Å². The molecule has 850 valence electrons. The van der Waals surface area contributed by atoms with Gasteiger partial charge in [-0.05, 0) is 6.92 Å². The summed E-state index contributed by atoms with van der Waals surface area (Å²) in [7, 11) is 0. The number of aliphatic hydroxyl groups is 32. The lowest BCUT2D eigenvalue weighted by atomic mass is 9.93. The predicted molar refractivity (Wildman–Crippen MR) is 452 cm³/mol. The maximum absolute atomic E-state index is 13.6. The molecule has 0 aromatic carbocycles. The summed E-state index contributed by atoms with van der Waals surface area (Å²) in [5.41, 5.74) is 0. The van der Waals surface area contributed by atoms with Gasteiger partial charge in [-0.2, -0.15) is 0 Å². The monoisotopic (exact) mass is 2150 g/mol. The topological polar surface area (TPSA) is 1010 Å². The fraction of sp³-hybridized carbons (Fsp3) is 0.939. The van der Waals surface area contributed by atoms with Gasteiger partial charge in [-0.25, -0.2) is 0 Å². The molecule has 0 radical (unpaired) electrons. The number of aliphatic hydroxyl groups excluding tert-OH is 32. The standard InChI is InChI=1S/C82H137N5O60/c1-18-40(102)51(113)56(118)76(127-18)125-17-34-66(47(109)35(71(124)128-34)83-19(2)97)140-73-37(85-21(4)99)49(111)64(31(14-95)135-73)143-80-61(123)68(46(108)33(138-80)16-126-81-69(55(117)44(106)27(10-91)133-81)146-74-38(86-22(5)100)50(112)63(30(13-94)136-74)142-78-58(120)53(115)42(104)25(8-89)131-78)145-82-70(147-75-39(87-23(6)101)67(45(107)28(11-92)129-75)144-79-59(121)54(116)43(105)26(9-90)132-79)60(122)65(32(15-96)137-82)139-72-36(84-20(3)98)48(110)62(29(12-93)134-72)141-77-57(119)52(114)41(103)24(7-88)130-77/h18,24-82,88-96,102-124H,7-17H2,1-6H3,(H,83,97)(H,84,98)(H,85,99)(H,86,100)(H,87,101)/t18-,24+,25+,26+,27+,28+,29+,30+,31+,32+,33+,34+,35+,36+,37+,38+,39+,40+,41-,42-,43-,44+,45+,46+,47+,48+,49+,50+,51+,52-,53-,54-,55-,56-,57+,58+,59+,60-,61-,62+,63+,64+,65+,66+,67+,68-,69-,70-,71?,72-,73-,74-,75-,76+,77-,78-,79-,80-,81-,82+/m0/s1. The van der Waals surface area contributed by atoms with E-state index >= 15 is 0 Å². The summed E-state index contributed by atoms with van der Waals surface area (Å²) in [5, 5.41) is 374. The highest BCUT2D eigenvalue weighted by Crippen LogP contribution is 2.43. The van der Waals surface area contributed by atoms with Crippen molar-refractivity contribution in [2.24, 2.45) is 0 Å². The molecule has 12 saturated heterocycles. The fourth-order valence-corrected chi connectivity index (χ4v) is 19.2. The zero-order valence-corrected chi connectivity index (χ0v) is 79.2. The first-order valence-corrected chi connectivity index (χ1v) is 47.0. The zero-order chi connectivity index (χ0) is 108. The first kappa shape index (κ1) is 121. The summed E-state index contributed by atoms with van der Waals surface area (Å²) in [5.74, 6) is -5.08. The molecule has 12 rings (SSSR count). The van der Waals surface area contributed by atoms with Crippen molar-refractivity contribution < 1.29 is 296 Å². The van der Waals surface area contributed by atoms with Crippen LogP contribution in [0.15, 0.2) is 0 Å². The largest absolute Gasteiger partial charge is 0.394 e. The second-order valence-corrected chi connectivity index (χ2v) is 37.3. The Morgan fingerprint density at radius 1 is 0.190 bits per heavy atom. The molecule has 0 bridgehead atoms. The minimum atomic E-state index is -2.82. The number of ether oxygens (including phenoxy) is 23. The van der Waals surface area contributed by atoms with Crippen molar-refractivity contribution in [1.82, 2.24) is 26.6 Å². The summed E-state index contributed by atoms with van der Waals surface area (Å²) in [6.07, 6.45) is -120. The molecule has 0 aliphatic carbocycles. The highest BCUT2D eigenvalue weighted by Gasteiger charge is 2.64. The number of hydrogen-bond donors (Lipinski definition) is 37. The van der Waals surface area contributed by atoms with Gasteiger partial charge in [-0.3, -0.25) is 24.0 Å². The van der Waals surface area contributed by atoms with Crippen molar-refractivity contribution in [1.29, 1.82) is 0 Å². The van der Waals surface area contributed by atoms with E-state index < -0.39 is 470 Å². The van der Waals surface area contributed by atoms with Gasteiger partial charge in [0.15, 0.2) is 75.5 Å². The quantitative estimate of drug-likeness (QED) is 0.0273. The summed E-state index contributed by atoms with van der Waals surface area (Å²) < 4.78 is 139. The molecule has 1 unspecified atom stereocenters. The van der Waals surface area contributed by atoms with E-state index in [-0.39, 0.29) is 0 Å². The van der Waals surface area contributed by atoms with Crippen molar-refractivity contribution in [2.75, 3.05) is 72.7 Å². The van der Waals surface area contributed by atoms with Crippen LogP contribution in [0.1, 0.15) is 41.5 Å². The summed E-state index contributed by atoms with van der Waals surface area (Å²) in [6.45, 7) is -7.34. The Labute approximate surface area is 832 Å². The summed E-state index contributed by atoms with van der Waals surface area (Å²) in [4.78, 5) is 66.1. The molecule has 65 nitrogen and oxygen atoms in total. The molecule has 5 amide bonds. The number of hydrogen-bond acceptors (Lipinski definition) is 60. The van der Waals surface area contributed by atoms with Crippen LogP contribution in [0, 0.1) is 0 Å². The van der Waals surface area contributed by atoms with E-state index in [1.54, 1.807) is 0 Å². The molecule has 12 aliphatic heterocycles. The first-order chi connectivity index (χ1) is 69.5. The summed E-state index contributed by atoms with van der Waals surface area (Å²) in [6, 6.07) is -10.2. The van der Waals surface area contributed by atoms with Crippen LogP contribution in [0.3, 0.4) is 0 Å². The van der Waals surface area contributed by atoms with Gasteiger partial charge in [-0.15, -0.1) is 0 Å². The van der Waals surface area contributed by atoms with Gasteiger partial charge in [0, 0.05) is 34.6 Å². The maximum atomic E-state index is 13.6. The molecule has 12 heterocycles. The molecular weight excluding hydrogens is 2010 g/mol. The average molecular weight is 2150 g/mol.